The molecule has 0 spiro atoms. The van der Waals surface area contributed by atoms with Gasteiger partial charge in [-0.2, -0.15) is 0 Å². The van der Waals surface area contributed by atoms with Crippen LogP contribution >= 0.6 is 0 Å². The van der Waals surface area contributed by atoms with Crippen LogP contribution in [-0.4, -0.2) is 85.9 Å². The first kappa shape index (κ1) is 35.7. The normalized spacial score (nSPS) is 14.4. The van der Waals surface area contributed by atoms with Gasteiger partial charge in [-0.1, -0.05) is 18.2 Å². The third-order valence-corrected chi connectivity index (χ3v) is 9.65. The van der Waals surface area contributed by atoms with Crippen LogP contribution in [0.5, 0.6) is 17.2 Å². The lowest BCUT2D eigenvalue weighted by molar-refractivity contribution is 0.0781. The molecule has 1 aliphatic heterocycles. The van der Waals surface area contributed by atoms with Crippen molar-refractivity contribution in [3.8, 4) is 17.2 Å². The average molecular weight is 702 g/mol. The summed E-state index contributed by atoms with van der Waals surface area (Å²) in [5.74, 6) is 1.39. The highest BCUT2D eigenvalue weighted by Gasteiger charge is 2.26. The summed E-state index contributed by atoms with van der Waals surface area (Å²) in [5, 5.41) is 3.70. The zero-order chi connectivity index (χ0) is 36.1. The Morgan fingerprint density at radius 1 is 0.980 bits per heavy atom. The van der Waals surface area contributed by atoms with Crippen LogP contribution in [0.3, 0.4) is 0 Å². The van der Waals surface area contributed by atoms with Crippen molar-refractivity contribution < 1.29 is 32.2 Å². The second-order valence-electron chi connectivity index (χ2n) is 13.0. The maximum atomic E-state index is 14.5. The number of nitrogens with zero attached hydrogens (tertiary/aromatic N) is 4. The summed E-state index contributed by atoms with van der Waals surface area (Å²) in [7, 11) is 6.19. The van der Waals surface area contributed by atoms with E-state index in [2.05, 4.69) is 20.9 Å². The Morgan fingerprint density at radius 2 is 1.71 bits per heavy atom. The van der Waals surface area contributed by atoms with Gasteiger partial charge < -0.3 is 38.3 Å². The predicted octanol–water partition coefficient (Wildman–Crippen LogP) is 7.11. The average Bonchev–Trinajstić information content (AvgIpc) is 3.72. The third kappa shape index (κ3) is 8.12. The summed E-state index contributed by atoms with van der Waals surface area (Å²) in [6.07, 6.45) is 2.48. The van der Waals surface area contributed by atoms with E-state index in [1.54, 1.807) is 30.1 Å². The van der Waals surface area contributed by atoms with Crippen molar-refractivity contribution in [3.05, 3.63) is 101 Å². The van der Waals surface area contributed by atoms with Gasteiger partial charge in [0.15, 0.2) is 23.1 Å². The number of methoxy groups -OCH3 is 3. The van der Waals surface area contributed by atoms with E-state index in [4.69, 9.17) is 23.6 Å². The molecule has 10 nitrogen and oxygen atoms in total. The minimum atomic E-state index is -0.906. The summed E-state index contributed by atoms with van der Waals surface area (Å²) in [6, 6.07) is 19.5. The molecule has 1 amide bonds. The standard InChI is InChI=1S/C39H45F2N5O5/c1-25-10-12-30(51-25)24-46-34-9-7-6-8-33(34)43-39(46)42-29-15-18-45(19-16-29)17-14-27(26-11-13-31(40)32(41)20-26)23-44(2)38(47)28-21-35(48-3)37(50-5)36(22-28)49-4/h6-13,20-22,27,29H,14-19,23-24H2,1-5H3,(H,42,43). The number of hydrogen-bond acceptors (Lipinski definition) is 8. The number of likely N-dealkylation sites (tertiary alicyclic amines) is 1. The van der Waals surface area contributed by atoms with Crippen molar-refractivity contribution in [2.75, 3.05) is 59.9 Å². The van der Waals surface area contributed by atoms with E-state index in [1.807, 2.05) is 37.3 Å². The fourth-order valence-electron chi connectivity index (χ4n) is 6.86. The van der Waals surface area contributed by atoms with Gasteiger partial charge in [0.25, 0.3) is 5.91 Å². The maximum Gasteiger partial charge on any atom is 0.253 e. The Labute approximate surface area is 296 Å². The fraction of sp³-hybridized carbons (Fsp3) is 0.385. The molecule has 6 rings (SSSR count). The minimum Gasteiger partial charge on any atom is -0.493 e. The second kappa shape index (κ2) is 15.8. The van der Waals surface area contributed by atoms with Gasteiger partial charge in [-0.15, -0.1) is 0 Å². The quantitative estimate of drug-likeness (QED) is 0.131. The molecule has 2 aromatic heterocycles. The van der Waals surface area contributed by atoms with Crippen molar-refractivity contribution in [3.63, 3.8) is 0 Å². The number of aryl methyl sites for hydroxylation is 1. The third-order valence-electron chi connectivity index (χ3n) is 9.65. The summed E-state index contributed by atoms with van der Waals surface area (Å²) in [5.41, 5.74) is 2.97. The topological polar surface area (TPSA) is 94.2 Å². The predicted molar refractivity (Wildman–Crippen MR) is 192 cm³/mol. The number of aromatic nitrogens is 2. The van der Waals surface area contributed by atoms with Gasteiger partial charge in [0.2, 0.25) is 11.7 Å². The zero-order valence-corrected chi connectivity index (χ0v) is 29.7. The molecule has 0 radical (unpaired) electrons. The van der Waals surface area contributed by atoms with E-state index in [9.17, 15) is 13.6 Å². The number of fused-ring (bicyclic) bond motifs is 1. The number of carbonyl (C=O) groups excluding carboxylic acids is 1. The van der Waals surface area contributed by atoms with Gasteiger partial charge in [0.1, 0.15) is 11.5 Å². The molecule has 51 heavy (non-hydrogen) atoms. The van der Waals surface area contributed by atoms with Gasteiger partial charge in [-0.25, -0.2) is 13.8 Å². The van der Waals surface area contributed by atoms with Crippen LogP contribution in [0.2, 0.25) is 0 Å². The van der Waals surface area contributed by atoms with Crippen LogP contribution in [0.1, 0.15) is 52.6 Å². The molecule has 1 atom stereocenters. The molecule has 0 aliphatic carbocycles. The van der Waals surface area contributed by atoms with Crippen molar-refractivity contribution in [2.24, 2.45) is 0 Å². The molecule has 1 saturated heterocycles. The van der Waals surface area contributed by atoms with E-state index in [-0.39, 0.29) is 17.9 Å². The van der Waals surface area contributed by atoms with Gasteiger partial charge >= 0.3 is 0 Å². The summed E-state index contributed by atoms with van der Waals surface area (Å²) < 4.78 is 52.7. The van der Waals surface area contributed by atoms with Crippen LogP contribution in [0.25, 0.3) is 11.0 Å². The first-order chi connectivity index (χ1) is 24.7. The van der Waals surface area contributed by atoms with E-state index in [0.29, 0.717) is 47.9 Å². The molecule has 12 heteroatoms. The number of piperidine rings is 1. The number of para-hydroxylation sites is 2. The van der Waals surface area contributed by atoms with Crippen molar-refractivity contribution in [1.29, 1.82) is 0 Å². The Morgan fingerprint density at radius 3 is 2.35 bits per heavy atom. The summed E-state index contributed by atoms with van der Waals surface area (Å²) >= 11 is 0. The monoisotopic (exact) mass is 701 g/mol. The number of ether oxygens (including phenoxy) is 3. The zero-order valence-electron chi connectivity index (χ0n) is 29.7. The molecule has 3 heterocycles. The molecule has 270 valence electrons. The van der Waals surface area contributed by atoms with E-state index in [1.165, 1.54) is 27.4 Å². The highest BCUT2D eigenvalue weighted by atomic mass is 19.2. The first-order valence-corrected chi connectivity index (χ1v) is 17.2. The van der Waals surface area contributed by atoms with Gasteiger partial charge in [0, 0.05) is 44.2 Å². The Balaban J connectivity index is 1.11. The molecule has 1 unspecified atom stereocenters. The number of amides is 1. The highest BCUT2D eigenvalue weighted by Crippen LogP contribution is 2.38. The smallest absolute Gasteiger partial charge is 0.253 e. The molecular weight excluding hydrogens is 656 g/mol. The van der Waals surface area contributed by atoms with Crippen LogP contribution in [0.15, 0.2) is 71.1 Å². The fourth-order valence-corrected chi connectivity index (χ4v) is 6.86. The van der Waals surface area contributed by atoms with Crippen LogP contribution in [0.4, 0.5) is 14.7 Å². The molecule has 5 aromatic rings. The molecule has 1 aliphatic rings. The van der Waals surface area contributed by atoms with Crippen molar-refractivity contribution in [2.45, 2.75) is 44.7 Å². The first-order valence-electron chi connectivity index (χ1n) is 17.2. The molecule has 0 saturated carbocycles. The number of likely N-dealkylation sites (N-methyl/N-ethyl adjacent to an activating group) is 1. The number of nitrogens with one attached hydrogen (secondary N) is 1. The Hall–Kier alpha value is -5.10. The molecular formula is C39H45F2N5O5. The largest absolute Gasteiger partial charge is 0.493 e. The number of benzene rings is 3. The minimum absolute atomic E-state index is 0.236. The lowest BCUT2D eigenvalue weighted by Gasteiger charge is -2.34. The second-order valence-corrected chi connectivity index (χ2v) is 13.0. The number of rotatable bonds is 14. The summed E-state index contributed by atoms with van der Waals surface area (Å²) in [4.78, 5) is 22.6. The van der Waals surface area contributed by atoms with Crippen LogP contribution in [-0.2, 0) is 6.54 Å². The summed E-state index contributed by atoms with van der Waals surface area (Å²) in [6.45, 7) is 5.28. The van der Waals surface area contributed by atoms with Crippen molar-refractivity contribution in [1.82, 2.24) is 19.4 Å². The molecule has 1 N–H and O–H groups in total. The number of halogens is 2. The van der Waals surface area contributed by atoms with E-state index >= 15 is 0 Å². The number of anilines is 1. The van der Waals surface area contributed by atoms with E-state index in [0.717, 1.165) is 67.0 Å². The number of hydrogen-bond donors (Lipinski definition) is 1. The maximum absolute atomic E-state index is 14.5. The van der Waals surface area contributed by atoms with Crippen LogP contribution < -0.4 is 19.5 Å². The Bertz CT molecular complexity index is 1940. The lowest BCUT2D eigenvalue weighted by Crippen LogP contribution is -2.40. The van der Waals surface area contributed by atoms with Gasteiger partial charge in [0.05, 0.1) is 38.9 Å². The van der Waals surface area contributed by atoms with Crippen LogP contribution in [0, 0.1) is 18.6 Å². The Kier molecular flexibility index (Phi) is 11.1. The lowest BCUT2D eigenvalue weighted by atomic mass is 9.93. The molecule has 1 fully saturated rings. The SMILES string of the molecule is COc1cc(C(=O)N(C)CC(CCN2CCC(Nc3nc4ccccc4n3Cc3ccc(C)o3)CC2)c2ccc(F)c(F)c2)cc(OC)c1OC. The van der Waals surface area contributed by atoms with Crippen molar-refractivity contribution >= 4 is 22.9 Å². The van der Waals surface area contributed by atoms with E-state index < -0.39 is 11.6 Å². The number of furan rings is 1. The number of imidazole rings is 1. The number of carbonyl (C=O) groups is 1. The van der Waals surface area contributed by atoms with Gasteiger partial charge in [-0.05, 0) is 86.8 Å². The molecule has 3 aromatic carbocycles. The molecule has 0 bridgehead atoms. The van der Waals surface area contributed by atoms with Gasteiger partial charge in [-0.3, -0.25) is 4.79 Å². The highest BCUT2D eigenvalue weighted by molar-refractivity contribution is 5.95.